The molecule has 8 nitrogen and oxygen atoms in total. The Bertz CT molecular complexity index is 698. The maximum atomic E-state index is 12.1. The fourth-order valence-electron chi connectivity index (χ4n) is 2.20. The molecule has 8 heteroatoms. The van der Waals surface area contributed by atoms with Gasteiger partial charge in [-0.2, -0.15) is 5.10 Å². The maximum absolute atomic E-state index is 12.1. The normalized spacial score (nSPS) is 10.7. The fourth-order valence-corrected chi connectivity index (χ4v) is 2.20. The molecular formula is C15H19N5O3. The van der Waals surface area contributed by atoms with Crippen molar-refractivity contribution in [3.8, 4) is 0 Å². The molecule has 0 radical (unpaired) electrons. The predicted molar refractivity (Wildman–Crippen MR) is 86.0 cm³/mol. The first-order valence-corrected chi connectivity index (χ1v) is 7.22. The smallest absolute Gasteiger partial charge is 0.292 e. The van der Waals surface area contributed by atoms with Crippen LogP contribution in [-0.2, 0) is 17.9 Å². The van der Waals surface area contributed by atoms with Gasteiger partial charge in [-0.1, -0.05) is 12.1 Å². The number of nitro groups is 1. The van der Waals surface area contributed by atoms with Gasteiger partial charge >= 0.3 is 0 Å². The van der Waals surface area contributed by atoms with E-state index >= 15 is 0 Å². The molecule has 0 atom stereocenters. The van der Waals surface area contributed by atoms with E-state index in [9.17, 15) is 14.9 Å². The van der Waals surface area contributed by atoms with Crippen LogP contribution in [-0.4, -0.2) is 39.1 Å². The summed E-state index contributed by atoms with van der Waals surface area (Å²) in [5.74, 6) is -0.301. The van der Waals surface area contributed by atoms with Gasteiger partial charge in [0.05, 0.1) is 17.7 Å². The van der Waals surface area contributed by atoms with E-state index in [0.29, 0.717) is 6.54 Å². The highest BCUT2D eigenvalue weighted by atomic mass is 16.6. The molecule has 0 unspecified atom stereocenters. The number of aryl methyl sites for hydroxylation is 1. The number of aromatic nitrogens is 2. The molecule has 0 bridgehead atoms. The van der Waals surface area contributed by atoms with E-state index in [1.165, 1.54) is 12.1 Å². The highest BCUT2D eigenvalue weighted by Crippen LogP contribution is 2.22. The number of nitrogens with zero attached hydrogens (tertiary/aromatic N) is 4. The number of carbonyl (C=O) groups excluding carboxylic acids is 1. The van der Waals surface area contributed by atoms with Gasteiger partial charge < -0.3 is 5.32 Å². The number of rotatable bonds is 7. The molecule has 0 saturated carbocycles. The summed E-state index contributed by atoms with van der Waals surface area (Å²) in [5.41, 5.74) is 1.09. The average molecular weight is 317 g/mol. The Morgan fingerprint density at radius 2 is 2.17 bits per heavy atom. The first kappa shape index (κ1) is 16.6. The van der Waals surface area contributed by atoms with Crippen molar-refractivity contribution in [2.24, 2.45) is 0 Å². The third-order valence-electron chi connectivity index (χ3n) is 3.25. The zero-order chi connectivity index (χ0) is 16.8. The Labute approximate surface area is 133 Å². The molecule has 1 aromatic carbocycles. The molecule has 1 N–H and O–H groups in total. The minimum atomic E-state index is -0.515. The van der Waals surface area contributed by atoms with E-state index in [0.717, 1.165) is 12.1 Å². The predicted octanol–water partition coefficient (Wildman–Crippen LogP) is 1.88. The first-order chi connectivity index (χ1) is 11.0. The molecule has 0 spiro atoms. The molecule has 122 valence electrons. The van der Waals surface area contributed by atoms with E-state index in [4.69, 9.17) is 0 Å². The maximum Gasteiger partial charge on any atom is 0.292 e. The van der Waals surface area contributed by atoms with Crippen molar-refractivity contribution in [1.82, 2.24) is 14.7 Å². The number of carbonyl (C=O) groups is 1. The van der Waals surface area contributed by atoms with Gasteiger partial charge in [0.2, 0.25) is 5.91 Å². The Balaban J connectivity index is 1.93. The van der Waals surface area contributed by atoms with Gasteiger partial charge in [0.15, 0.2) is 0 Å². The van der Waals surface area contributed by atoms with Crippen LogP contribution in [0.15, 0.2) is 36.7 Å². The molecular weight excluding hydrogens is 298 g/mol. The summed E-state index contributed by atoms with van der Waals surface area (Å²) in [5, 5.41) is 17.7. The van der Waals surface area contributed by atoms with Gasteiger partial charge in [-0.3, -0.25) is 24.5 Å². The lowest BCUT2D eigenvalue weighted by molar-refractivity contribution is -0.383. The summed E-state index contributed by atoms with van der Waals surface area (Å²) in [6, 6.07) is 6.08. The third kappa shape index (κ3) is 4.62. The van der Waals surface area contributed by atoms with Crippen molar-refractivity contribution in [3.63, 3.8) is 0 Å². The Hall–Kier alpha value is -2.74. The number of anilines is 1. The van der Waals surface area contributed by atoms with Gasteiger partial charge in [0, 0.05) is 30.9 Å². The molecule has 1 heterocycles. The number of likely N-dealkylation sites (N-methyl/N-ethyl adjacent to an activating group) is 1. The van der Waals surface area contributed by atoms with Gasteiger partial charge in [0.25, 0.3) is 5.69 Å². The molecule has 1 amide bonds. The first-order valence-electron chi connectivity index (χ1n) is 7.22. The van der Waals surface area contributed by atoms with Crippen LogP contribution in [0, 0.1) is 10.1 Å². The van der Waals surface area contributed by atoms with E-state index < -0.39 is 4.92 Å². The van der Waals surface area contributed by atoms with Gasteiger partial charge in [0.1, 0.15) is 5.69 Å². The highest BCUT2D eigenvalue weighted by Gasteiger charge is 2.15. The Kier molecular flexibility index (Phi) is 5.42. The summed E-state index contributed by atoms with van der Waals surface area (Å²) in [7, 11) is 1.81. The van der Waals surface area contributed by atoms with Crippen LogP contribution >= 0.6 is 0 Å². The number of hydrogen-bond acceptors (Lipinski definition) is 5. The van der Waals surface area contributed by atoms with Gasteiger partial charge in [-0.25, -0.2) is 0 Å². The molecule has 2 rings (SSSR count). The third-order valence-corrected chi connectivity index (χ3v) is 3.25. The average Bonchev–Trinajstić information content (AvgIpc) is 2.94. The monoisotopic (exact) mass is 317 g/mol. The number of nitrogens with one attached hydrogen (secondary N) is 1. The SMILES string of the molecule is CCn1cc(CN(C)CC(=O)Nc2ccccc2[N+](=O)[O-])cn1. The molecule has 0 saturated heterocycles. The standard InChI is InChI=1S/C15H19N5O3/c1-3-19-10-12(8-16-19)9-18(2)11-15(21)17-13-6-4-5-7-14(13)20(22)23/h4-8,10H,3,9,11H2,1-2H3,(H,17,21). The number of nitro benzene ring substituents is 1. The minimum Gasteiger partial charge on any atom is -0.319 e. The fraction of sp³-hybridized carbons (Fsp3) is 0.333. The number of hydrogen-bond donors (Lipinski definition) is 1. The molecule has 0 aliphatic rings. The quantitative estimate of drug-likeness (QED) is 0.621. The van der Waals surface area contributed by atoms with Crippen LogP contribution in [0.1, 0.15) is 12.5 Å². The Morgan fingerprint density at radius 3 is 2.83 bits per heavy atom. The number of benzene rings is 1. The lowest BCUT2D eigenvalue weighted by Crippen LogP contribution is -2.29. The van der Waals surface area contributed by atoms with Crippen molar-refractivity contribution in [1.29, 1.82) is 0 Å². The topological polar surface area (TPSA) is 93.3 Å². The van der Waals surface area contributed by atoms with Crippen molar-refractivity contribution in [2.75, 3.05) is 18.9 Å². The molecule has 2 aromatic rings. The summed E-state index contributed by atoms with van der Waals surface area (Å²) < 4.78 is 1.82. The lowest BCUT2D eigenvalue weighted by Gasteiger charge is -2.15. The molecule has 0 aliphatic heterocycles. The van der Waals surface area contributed by atoms with Crippen molar-refractivity contribution < 1.29 is 9.72 Å². The largest absolute Gasteiger partial charge is 0.319 e. The van der Waals surface area contributed by atoms with Crippen LogP contribution in [0.3, 0.4) is 0 Å². The second-order valence-corrected chi connectivity index (χ2v) is 5.20. The number of amides is 1. The zero-order valence-corrected chi connectivity index (χ0v) is 13.1. The van der Waals surface area contributed by atoms with E-state index in [1.807, 2.05) is 29.7 Å². The lowest BCUT2D eigenvalue weighted by atomic mass is 10.2. The van der Waals surface area contributed by atoms with Crippen molar-refractivity contribution >= 4 is 17.3 Å². The second kappa shape index (κ2) is 7.50. The molecule has 0 fully saturated rings. The Morgan fingerprint density at radius 1 is 1.43 bits per heavy atom. The summed E-state index contributed by atoms with van der Waals surface area (Å²) in [4.78, 5) is 24.3. The van der Waals surface area contributed by atoms with E-state index in [1.54, 1.807) is 18.3 Å². The van der Waals surface area contributed by atoms with Gasteiger partial charge in [-0.15, -0.1) is 0 Å². The summed E-state index contributed by atoms with van der Waals surface area (Å²) in [6.07, 6.45) is 3.69. The van der Waals surface area contributed by atoms with Crippen LogP contribution < -0.4 is 5.32 Å². The van der Waals surface area contributed by atoms with Crippen LogP contribution in [0.2, 0.25) is 0 Å². The zero-order valence-electron chi connectivity index (χ0n) is 13.1. The van der Waals surface area contributed by atoms with Crippen LogP contribution in [0.25, 0.3) is 0 Å². The van der Waals surface area contributed by atoms with Crippen LogP contribution in [0.5, 0.6) is 0 Å². The summed E-state index contributed by atoms with van der Waals surface area (Å²) in [6.45, 7) is 3.50. The second-order valence-electron chi connectivity index (χ2n) is 5.20. The van der Waals surface area contributed by atoms with Crippen LogP contribution in [0.4, 0.5) is 11.4 Å². The van der Waals surface area contributed by atoms with Crippen molar-refractivity contribution in [2.45, 2.75) is 20.0 Å². The molecule has 1 aromatic heterocycles. The van der Waals surface area contributed by atoms with E-state index in [2.05, 4.69) is 10.4 Å². The summed E-state index contributed by atoms with van der Waals surface area (Å²) >= 11 is 0. The van der Waals surface area contributed by atoms with E-state index in [-0.39, 0.29) is 23.8 Å². The van der Waals surface area contributed by atoms with Crippen molar-refractivity contribution in [3.05, 3.63) is 52.3 Å². The highest BCUT2D eigenvalue weighted by molar-refractivity contribution is 5.94. The van der Waals surface area contributed by atoms with Gasteiger partial charge in [-0.05, 0) is 20.0 Å². The minimum absolute atomic E-state index is 0.118. The number of para-hydroxylation sites is 2. The molecule has 23 heavy (non-hydrogen) atoms. The molecule has 0 aliphatic carbocycles.